The summed E-state index contributed by atoms with van der Waals surface area (Å²) in [5, 5.41) is 1.22. The molecule has 1 N–H and O–H groups in total. The Morgan fingerprint density at radius 3 is 2.17 bits per heavy atom. The number of hydrogen-bond acceptors (Lipinski definition) is 8. The van der Waals surface area contributed by atoms with Gasteiger partial charge in [-0.25, -0.2) is 21.6 Å². The minimum atomic E-state index is -4.28. The van der Waals surface area contributed by atoms with E-state index in [0.29, 0.717) is 17.1 Å². The summed E-state index contributed by atoms with van der Waals surface area (Å²) in [6, 6.07) is 12.9. The van der Waals surface area contributed by atoms with Gasteiger partial charge in [-0.2, -0.15) is 0 Å². The Hall–Kier alpha value is -2.89. The van der Waals surface area contributed by atoms with Crippen molar-refractivity contribution in [2.45, 2.75) is 14.0 Å². The van der Waals surface area contributed by atoms with Crippen LogP contribution in [0.2, 0.25) is 0 Å². The molecule has 1 heterocycles. The number of methoxy groups -OCH3 is 2. The van der Waals surface area contributed by atoms with E-state index in [1.807, 2.05) is 4.72 Å². The van der Waals surface area contributed by atoms with Gasteiger partial charge in [0.25, 0.3) is 15.9 Å². The molecule has 0 saturated heterocycles. The molecule has 0 aliphatic carbocycles. The van der Waals surface area contributed by atoms with Gasteiger partial charge in [-0.05, 0) is 36.4 Å². The number of amides is 1. The first-order valence-corrected chi connectivity index (χ1v) is 12.2. The van der Waals surface area contributed by atoms with Crippen molar-refractivity contribution in [3.05, 3.63) is 65.5 Å². The zero-order valence-corrected chi connectivity index (χ0v) is 18.3. The van der Waals surface area contributed by atoms with E-state index < -0.39 is 25.8 Å². The normalized spacial score (nSPS) is 11.7. The molecule has 1 aromatic heterocycles. The van der Waals surface area contributed by atoms with Gasteiger partial charge in [0.2, 0.25) is 9.84 Å². The number of thiophene rings is 1. The van der Waals surface area contributed by atoms with Gasteiger partial charge in [-0.15, -0.1) is 11.3 Å². The van der Waals surface area contributed by atoms with Crippen LogP contribution in [-0.2, 0) is 19.9 Å². The fourth-order valence-electron chi connectivity index (χ4n) is 2.53. The van der Waals surface area contributed by atoms with Crippen LogP contribution in [0.3, 0.4) is 0 Å². The first-order chi connectivity index (χ1) is 14.2. The summed E-state index contributed by atoms with van der Waals surface area (Å²) < 4.78 is 62.3. The Balaban J connectivity index is 1.86. The van der Waals surface area contributed by atoms with Gasteiger partial charge in [-0.3, -0.25) is 4.79 Å². The van der Waals surface area contributed by atoms with E-state index in [9.17, 15) is 21.6 Å². The van der Waals surface area contributed by atoms with Crippen LogP contribution < -0.4 is 14.2 Å². The zero-order chi connectivity index (χ0) is 21.9. The Kier molecular flexibility index (Phi) is 6.15. The third-order valence-corrected chi connectivity index (χ3v) is 8.72. The topological polar surface area (TPSA) is 116 Å². The lowest BCUT2D eigenvalue weighted by molar-refractivity contribution is 0.0981. The van der Waals surface area contributed by atoms with E-state index in [-0.39, 0.29) is 25.3 Å². The molecule has 0 aliphatic rings. The first kappa shape index (κ1) is 21.8. The van der Waals surface area contributed by atoms with Crippen molar-refractivity contribution in [2.24, 2.45) is 0 Å². The number of sulfone groups is 1. The van der Waals surface area contributed by atoms with Gasteiger partial charge < -0.3 is 9.47 Å². The minimum absolute atomic E-state index is 0.0323. The summed E-state index contributed by atoms with van der Waals surface area (Å²) in [6.45, 7) is 0. The lowest BCUT2D eigenvalue weighted by Gasteiger charge is -2.10. The number of ether oxygens (including phenoxy) is 2. The summed E-state index contributed by atoms with van der Waals surface area (Å²) in [5.74, 6) is -0.252. The largest absolute Gasteiger partial charge is 0.493 e. The molecule has 0 atom stereocenters. The van der Waals surface area contributed by atoms with Gasteiger partial charge >= 0.3 is 0 Å². The molecular formula is C19H17NO7S3. The number of nitrogens with one attached hydrogen (secondary N) is 1. The Bertz CT molecular complexity index is 1280. The van der Waals surface area contributed by atoms with Gasteiger partial charge in [0.15, 0.2) is 11.5 Å². The maximum absolute atomic E-state index is 12.6. The summed E-state index contributed by atoms with van der Waals surface area (Å²) in [5.41, 5.74) is 0.0323. The second kappa shape index (κ2) is 8.46. The highest BCUT2D eigenvalue weighted by atomic mass is 32.2. The molecule has 0 bridgehead atoms. The summed E-state index contributed by atoms with van der Waals surface area (Å²) in [7, 11) is -5.34. The zero-order valence-electron chi connectivity index (χ0n) is 15.9. The van der Waals surface area contributed by atoms with E-state index >= 15 is 0 Å². The Morgan fingerprint density at radius 1 is 0.867 bits per heavy atom. The van der Waals surface area contributed by atoms with E-state index in [1.54, 1.807) is 18.2 Å². The minimum Gasteiger partial charge on any atom is -0.493 e. The number of carbonyl (C=O) groups excluding carboxylic acids is 1. The fraction of sp³-hybridized carbons (Fsp3) is 0.105. The Morgan fingerprint density at radius 2 is 1.53 bits per heavy atom. The fourth-order valence-corrected chi connectivity index (χ4v) is 6.40. The molecule has 0 aliphatic heterocycles. The quantitative estimate of drug-likeness (QED) is 0.568. The molecule has 158 valence electrons. The number of carbonyl (C=O) groups is 1. The lowest BCUT2D eigenvalue weighted by atomic mass is 10.2. The molecule has 3 rings (SSSR count). The molecular weight excluding hydrogens is 450 g/mol. The van der Waals surface area contributed by atoms with Crippen LogP contribution in [0.1, 0.15) is 10.4 Å². The van der Waals surface area contributed by atoms with E-state index in [0.717, 1.165) is 6.07 Å². The SMILES string of the molecule is COc1ccc(C(=O)NS(=O)(=O)c2cc(S(=O)(=O)c3ccccc3)cs2)cc1OC. The predicted molar refractivity (Wildman–Crippen MR) is 110 cm³/mol. The average molecular weight is 468 g/mol. The van der Waals surface area contributed by atoms with Crippen molar-refractivity contribution in [1.29, 1.82) is 0 Å². The van der Waals surface area contributed by atoms with Crippen LogP contribution in [0.5, 0.6) is 11.5 Å². The highest BCUT2D eigenvalue weighted by Crippen LogP contribution is 2.29. The van der Waals surface area contributed by atoms with E-state index in [4.69, 9.17) is 9.47 Å². The van der Waals surface area contributed by atoms with Gasteiger partial charge in [0, 0.05) is 10.9 Å². The molecule has 0 radical (unpaired) electrons. The molecule has 2 aromatic carbocycles. The van der Waals surface area contributed by atoms with Crippen LogP contribution in [0, 0.1) is 0 Å². The van der Waals surface area contributed by atoms with Crippen LogP contribution in [0.15, 0.2) is 74.0 Å². The highest BCUT2D eigenvalue weighted by Gasteiger charge is 2.26. The standard InChI is InChI=1S/C19H17NO7S3/c1-26-16-9-8-13(10-17(16)27-2)19(21)20-30(24,25)18-11-15(12-28-18)29(22,23)14-6-4-3-5-7-14/h3-12H,1-2H3,(H,20,21). The van der Waals surface area contributed by atoms with E-state index in [2.05, 4.69) is 0 Å². The number of rotatable bonds is 7. The van der Waals surface area contributed by atoms with Crippen molar-refractivity contribution in [3.63, 3.8) is 0 Å². The smallest absolute Gasteiger partial charge is 0.273 e. The lowest BCUT2D eigenvalue weighted by Crippen LogP contribution is -2.30. The van der Waals surface area contributed by atoms with Crippen molar-refractivity contribution in [2.75, 3.05) is 14.2 Å². The molecule has 0 unspecified atom stereocenters. The van der Waals surface area contributed by atoms with Gasteiger partial charge in [0.1, 0.15) is 4.21 Å². The highest BCUT2D eigenvalue weighted by molar-refractivity contribution is 7.93. The molecule has 0 fully saturated rings. The molecule has 30 heavy (non-hydrogen) atoms. The number of benzene rings is 2. The Labute approximate surface area is 178 Å². The van der Waals surface area contributed by atoms with Crippen LogP contribution >= 0.6 is 11.3 Å². The molecule has 1 amide bonds. The predicted octanol–water partition coefficient (Wildman–Crippen LogP) is 2.72. The van der Waals surface area contributed by atoms with Crippen LogP contribution in [-0.4, -0.2) is 37.0 Å². The number of sulfonamides is 1. The molecule has 3 aromatic rings. The van der Waals surface area contributed by atoms with Crippen molar-refractivity contribution >= 4 is 37.1 Å². The molecule has 0 spiro atoms. The average Bonchev–Trinajstić information content (AvgIpc) is 3.26. The van der Waals surface area contributed by atoms with Gasteiger partial charge in [-0.1, -0.05) is 18.2 Å². The maximum atomic E-state index is 12.6. The summed E-state index contributed by atoms with van der Waals surface area (Å²) in [4.78, 5) is 12.3. The van der Waals surface area contributed by atoms with Crippen molar-refractivity contribution < 1.29 is 31.1 Å². The van der Waals surface area contributed by atoms with Crippen molar-refractivity contribution in [3.8, 4) is 11.5 Å². The third kappa shape index (κ3) is 4.32. The maximum Gasteiger partial charge on any atom is 0.273 e. The second-order valence-electron chi connectivity index (χ2n) is 5.92. The molecule has 8 nitrogen and oxygen atoms in total. The van der Waals surface area contributed by atoms with Crippen LogP contribution in [0.25, 0.3) is 0 Å². The second-order valence-corrected chi connectivity index (χ2v) is 10.7. The molecule has 11 heteroatoms. The van der Waals surface area contributed by atoms with Gasteiger partial charge in [0.05, 0.1) is 24.0 Å². The first-order valence-electron chi connectivity index (χ1n) is 8.37. The summed E-state index contributed by atoms with van der Waals surface area (Å²) in [6.07, 6.45) is 0. The summed E-state index contributed by atoms with van der Waals surface area (Å²) >= 11 is 0.702. The third-order valence-electron chi connectivity index (χ3n) is 4.05. The monoisotopic (exact) mass is 467 g/mol. The number of hydrogen-bond donors (Lipinski definition) is 1. The van der Waals surface area contributed by atoms with Crippen molar-refractivity contribution in [1.82, 2.24) is 4.72 Å². The van der Waals surface area contributed by atoms with E-state index in [1.165, 1.54) is 49.9 Å². The molecule has 0 saturated carbocycles. The van der Waals surface area contributed by atoms with Crippen LogP contribution in [0.4, 0.5) is 0 Å².